The molecule has 2 amide bonds. The minimum absolute atomic E-state index is 0.0347. The van der Waals surface area contributed by atoms with E-state index in [0.717, 1.165) is 39.9 Å². The van der Waals surface area contributed by atoms with Gasteiger partial charge >= 0.3 is 0 Å². The maximum absolute atomic E-state index is 13.9. The lowest BCUT2D eigenvalue weighted by Crippen LogP contribution is -2.31. The number of hydrogen-bond donors (Lipinski definition) is 1. The zero-order chi connectivity index (χ0) is 23.3. The molecule has 0 aliphatic rings. The Morgan fingerprint density at radius 1 is 0.938 bits per heavy atom. The molecular formula is C24H21ClF2N2O2S. The highest BCUT2D eigenvalue weighted by molar-refractivity contribution is 8.13. The third kappa shape index (κ3) is 5.66. The number of carbonyl (C=O) groups is 2. The van der Waals surface area contributed by atoms with Crippen molar-refractivity contribution in [1.29, 1.82) is 0 Å². The summed E-state index contributed by atoms with van der Waals surface area (Å²) in [5, 5.41) is 2.54. The summed E-state index contributed by atoms with van der Waals surface area (Å²) < 4.78 is 27.8. The highest BCUT2D eigenvalue weighted by atomic mass is 35.5. The summed E-state index contributed by atoms with van der Waals surface area (Å²) in [6.45, 7) is 0. The van der Waals surface area contributed by atoms with Gasteiger partial charge in [-0.25, -0.2) is 8.78 Å². The summed E-state index contributed by atoms with van der Waals surface area (Å²) in [6, 6.07) is 17.6. The van der Waals surface area contributed by atoms with Crippen LogP contribution < -0.4 is 5.32 Å². The van der Waals surface area contributed by atoms with Gasteiger partial charge in [0.05, 0.1) is 6.04 Å². The Kier molecular flexibility index (Phi) is 7.88. The van der Waals surface area contributed by atoms with Crippen molar-refractivity contribution in [2.45, 2.75) is 10.9 Å². The molecule has 0 spiro atoms. The van der Waals surface area contributed by atoms with Gasteiger partial charge in [0.25, 0.3) is 11.1 Å². The second-order valence-electron chi connectivity index (χ2n) is 7.19. The fourth-order valence-electron chi connectivity index (χ4n) is 2.97. The van der Waals surface area contributed by atoms with E-state index in [4.69, 9.17) is 11.6 Å². The minimum atomic E-state index is -0.930. The van der Waals surface area contributed by atoms with E-state index in [1.807, 2.05) is 36.4 Å². The Morgan fingerprint density at radius 3 is 1.97 bits per heavy atom. The molecule has 0 aliphatic heterocycles. The van der Waals surface area contributed by atoms with Crippen molar-refractivity contribution in [3.05, 3.63) is 89.5 Å². The van der Waals surface area contributed by atoms with Gasteiger partial charge in [0.1, 0.15) is 17.2 Å². The molecule has 0 saturated carbocycles. The van der Waals surface area contributed by atoms with Gasteiger partial charge in [-0.05, 0) is 52.7 Å². The Hall–Kier alpha value is -2.90. The second kappa shape index (κ2) is 10.6. The van der Waals surface area contributed by atoms with Crippen molar-refractivity contribution < 1.29 is 18.4 Å². The number of alkyl halides is 1. The van der Waals surface area contributed by atoms with Crippen LogP contribution in [0.5, 0.6) is 0 Å². The Labute approximate surface area is 194 Å². The van der Waals surface area contributed by atoms with E-state index < -0.39 is 29.1 Å². The summed E-state index contributed by atoms with van der Waals surface area (Å²) in [4.78, 5) is 26.6. The molecule has 3 aromatic carbocycles. The zero-order valence-corrected chi connectivity index (χ0v) is 19.0. The molecule has 1 atom stereocenters. The normalized spacial score (nSPS) is 11.7. The van der Waals surface area contributed by atoms with Crippen LogP contribution in [-0.4, -0.2) is 36.0 Å². The molecule has 0 saturated heterocycles. The summed E-state index contributed by atoms with van der Waals surface area (Å²) in [6.07, 6.45) is 0. The fourth-order valence-corrected chi connectivity index (χ4v) is 3.88. The molecule has 0 bridgehead atoms. The van der Waals surface area contributed by atoms with E-state index in [-0.39, 0.29) is 11.1 Å². The van der Waals surface area contributed by atoms with Crippen LogP contribution in [0.2, 0.25) is 0 Å². The van der Waals surface area contributed by atoms with Crippen LogP contribution in [-0.2, 0) is 0 Å². The first kappa shape index (κ1) is 23.8. The molecule has 0 heterocycles. The predicted octanol–water partition coefficient (Wildman–Crippen LogP) is 6.12. The van der Waals surface area contributed by atoms with Gasteiger partial charge in [-0.1, -0.05) is 42.5 Å². The molecule has 166 valence electrons. The molecule has 4 nitrogen and oxygen atoms in total. The topological polar surface area (TPSA) is 49.4 Å². The number of benzene rings is 3. The molecule has 8 heteroatoms. The van der Waals surface area contributed by atoms with Crippen LogP contribution in [0.25, 0.3) is 11.1 Å². The Bertz CT molecular complexity index is 1090. The molecule has 0 aromatic heterocycles. The van der Waals surface area contributed by atoms with E-state index >= 15 is 0 Å². The van der Waals surface area contributed by atoms with Crippen LogP contribution in [0.1, 0.15) is 22.0 Å². The maximum Gasteiger partial charge on any atom is 0.285 e. The molecule has 1 N–H and O–H groups in total. The number of nitrogens with one attached hydrogen (secondary N) is 1. The average Bonchev–Trinajstić information content (AvgIpc) is 2.78. The van der Waals surface area contributed by atoms with Gasteiger partial charge in [0, 0.05) is 24.9 Å². The van der Waals surface area contributed by atoms with E-state index in [9.17, 15) is 18.4 Å². The molecule has 0 radical (unpaired) electrons. The van der Waals surface area contributed by atoms with Gasteiger partial charge in [-0.3, -0.25) is 9.59 Å². The third-order valence-electron chi connectivity index (χ3n) is 4.72. The third-order valence-corrected chi connectivity index (χ3v) is 6.08. The number of hydrogen-bond acceptors (Lipinski definition) is 3. The minimum Gasteiger partial charge on any atom is -0.344 e. The SMILES string of the molecule is CN(C)C(=O)Sc1ccc(-c2ccc(C(CCl)NC(=O)c3c(F)cccc3F)cc2)cc1. The summed E-state index contributed by atoms with van der Waals surface area (Å²) in [5.74, 6) is -2.69. The van der Waals surface area contributed by atoms with Gasteiger partial charge in [0.2, 0.25) is 0 Å². The standard InChI is InChI=1S/C24H21ClF2N2O2S/c1-29(2)24(31)32-18-12-10-16(11-13-18)15-6-8-17(9-7-15)21(14-25)28-23(30)22-19(26)4-3-5-20(22)27/h3-13,21H,14H2,1-2H3,(H,28,30). The molecule has 32 heavy (non-hydrogen) atoms. The fraction of sp³-hybridized carbons (Fsp3) is 0.167. The Morgan fingerprint density at radius 2 is 1.47 bits per heavy atom. The van der Waals surface area contributed by atoms with Gasteiger partial charge in [0.15, 0.2) is 0 Å². The van der Waals surface area contributed by atoms with Crippen molar-refractivity contribution in [2.24, 2.45) is 0 Å². The number of nitrogens with zero attached hydrogens (tertiary/aromatic N) is 1. The molecule has 3 aromatic rings. The van der Waals surface area contributed by atoms with Crippen LogP contribution in [0.3, 0.4) is 0 Å². The number of rotatable bonds is 6. The van der Waals surface area contributed by atoms with E-state index in [0.29, 0.717) is 5.56 Å². The molecule has 0 aliphatic carbocycles. The quantitative estimate of drug-likeness (QED) is 0.346. The summed E-state index contributed by atoms with van der Waals surface area (Å²) in [7, 11) is 3.41. The molecular weight excluding hydrogens is 454 g/mol. The zero-order valence-electron chi connectivity index (χ0n) is 17.4. The highest BCUT2D eigenvalue weighted by Crippen LogP contribution is 2.27. The van der Waals surface area contributed by atoms with Crippen molar-refractivity contribution in [3.8, 4) is 11.1 Å². The van der Waals surface area contributed by atoms with Gasteiger partial charge in [-0.15, -0.1) is 11.6 Å². The number of amides is 2. The Balaban J connectivity index is 1.72. The molecule has 3 rings (SSSR count). The largest absolute Gasteiger partial charge is 0.344 e. The maximum atomic E-state index is 13.9. The van der Waals surface area contributed by atoms with Crippen LogP contribution >= 0.6 is 23.4 Å². The number of thioether (sulfide) groups is 1. The van der Waals surface area contributed by atoms with Crippen molar-refractivity contribution in [2.75, 3.05) is 20.0 Å². The van der Waals surface area contributed by atoms with Crippen LogP contribution in [0.15, 0.2) is 71.6 Å². The smallest absolute Gasteiger partial charge is 0.285 e. The highest BCUT2D eigenvalue weighted by Gasteiger charge is 2.21. The molecule has 1 unspecified atom stereocenters. The van der Waals surface area contributed by atoms with Crippen molar-refractivity contribution in [3.63, 3.8) is 0 Å². The van der Waals surface area contributed by atoms with Gasteiger partial charge in [-0.2, -0.15) is 0 Å². The lowest BCUT2D eigenvalue weighted by molar-refractivity contribution is 0.0932. The number of halogens is 3. The van der Waals surface area contributed by atoms with E-state index in [2.05, 4.69) is 5.32 Å². The van der Waals surface area contributed by atoms with Gasteiger partial charge < -0.3 is 10.2 Å². The van der Waals surface area contributed by atoms with Crippen LogP contribution in [0, 0.1) is 11.6 Å². The first-order valence-corrected chi connectivity index (χ1v) is 11.1. The van der Waals surface area contributed by atoms with E-state index in [1.165, 1.54) is 11.0 Å². The van der Waals surface area contributed by atoms with Crippen molar-refractivity contribution >= 4 is 34.5 Å². The summed E-state index contributed by atoms with van der Waals surface area (Å²) >= 11 is 7.17. The lowest BCUT2D eigenvalue weighted by Gasteiger charge is -2.17. The predicted molar refractivity (Wildman–Crippen MR) is 124 cm³/mol. The average molecular weight is 475 g/mol. The lowest BCUT2D eigenvalue weighted by atomic mass is 10.0. The first-order valence-electron chi connectivity index (χ1n) is 9.70. The molecule has 0 fully saturated rings. The van der Waals surface area contributed by atoms with E-state index in [1.54, 1.807) is 26.2 Å². The monoisotopic (exact) mass is 474 g/mol. The van der Waals surface area contributed by atoms with Crippen molar-refractivity contribution in [1.82, 2.24) is 10.2 Å². The number of carbonyl (C=O) groups excluding carboxylic acids is 2. The second-order valence-corrected chi connectivity index (χ2v) is 8.52. The first-order chi connectivity index (χ1) is 15.3. The summed E-state index contributed by atoms with van der Waals surface area (Å²) in [5.41, 5.74) is 1.96. The van der Waals surface area contributed by atoms with Crippen LogP contribution in [0.4, 0.5) is 13.6 Å².